The third-order valence-corrected chi connectivity index (χ3v) is 7.12. The quantitative estimate of drug-likeness (QED) is 0.382. The minimum atomic E-state index is -4.53. The molecule has 3 aromatic rings. The molecule has 2 aliphatic rings. The summed E-state index contributed by atoms with van der Waals surface area (Å²) in [5, 5.41) is 0.368. The second-order valence-corrected chi connectivity index (χ2v) is 10.1. The molecule has 0 radical (unpaired) electrons. The maximum Gasteiger partial charge on any atom is 0.416 e. The van der Waals surface area contributed by atoms with E-state index in [1.165, 1.54) is 18.2 Å². The fourth-order valence-corrected chi connectivity index (χ4v) is 5.07. The average Bonchev–Trinajstić information content (AvgIpc) is 3.21. The number of morpholine rings is 1. The normalized spacial score (nSPS) is 19.6. The lowest BCUT2D eigenvalue weighted by Crippen LogP contribution is -2.38. The van der Waals surface area contributed by atoms with Crippen LogP contribution in [0.25, 0.3) is 11.1 Å². The molecule has 2 saturated heterocycles. The molecule has 9 nitrogen and oxygen atoms in total. The van der Waals surface area contributed by atoms with Crippen molar-refractivity contribution >= 4 is 23.6 Å². The molecule has 2 aliphatic heterocycles. The molecule has 1 aromatic carbocycles. The van der Waals surface area contributed by atoms with E-state index in [9.17, 15) is 18.0 Å². The number of anilines is 1. The highest BCUT2D eigenvalue weighted by Gasteiger charge is 2.41. The number of carbonyl (C=O) groups excluding carboxylic acids is 1. The Hall–Kier alpha value is -3.64. The number of aromatic nitrogens is 3. The van der Waals surface area contributed by atoms with Crippen LogP contribution in [0.5, 0.6) is 5.88 Å². The van der Waals surface area contributed by atoms with Gasteiger partial charge in [0.15, 0.2) is 0 Å². The molecule has 0 unspecified atom stereocenters. The highest BCUT2D eigenvalue weighted by atomic mass is 35.5. The van der Waals surface area contributed by atoms with Crippen LogP contribution < -0.4 is 9.64 Å². The second-order valence-electron chi connectivity index (χ2n) is 9.64. The van der Waals surface area contributed by atoms with Gasteiger partial charge < -0.3 is 19.1 Å². The van der Waals surface area contributed by atoms with Crippen molar-refractivity contribution in [3.63, 3.8) is 0 Å². The minimum Gasteiger partial charge on any atom is -0.481 e. The molecule has 0 spiro atoms. The number of hydrogen-bond acceptors (Lipinski definition) is 8. The van der Waals surface area contributed by atoms with Crippen LogP contribution >= 0.6 is 11.6 Å². The van der Waals surface area contributed by atoms with Crippen LogP contribution in [-0.4, -0.2) is 65.4 Å². The highest BCUT2D eigenvalue weighted by Crippen LogP contribution is 2.39. The molecule has 212 valence electrons. The van der Waals surface area contributed by atoms with Gasteiger partial charge in [-0.25, -0.2) is 19.7 Å². The minimum absolute atomic E-state index is 0.000690. The van der Waals surface area contributed by atoms with Gasteiger partial charge in [0.2, 0.25) is 11.8 Å². The van der Waals surface area contributed by atoms with Gasteiger partial charge in [-0.15, -0.1) is 0 Å². The summed E-state index contributed by atoms with van der Waals surface area (Å²) < 4.78 is 57.0. The summed E-state index contributed by atoms with van der Waals surface area (Å²) in [5.74, 6) is 0.754. The van der Waals surface area contributed by atoms with Gasteiger partial charge >= 0.3 is 12.3 Å². The lowest BCUT2D eigenvalue weighted by atomic mass is 9.98. The van der Waals surface area contributed by atoms with E-state index in [-0.39, 0.29) is 12.1 Å². The van der Waals surface area contributed by atoms with Crippen molar-refractivity contribution in [1.82, 2.24) is 19.9 Å². The summed E-state index contributed by atoms with van der Waals surface area (Å²) in [6.45, 7) is 5.56. The van der Waals surface area contributed by atoms with E-state index < -0.39 is 30.0 Å². The number of amides is 1. The summed E-state index contributed by atoms with van der Waals surface area (Å²) in [4.78, 5) is 30.1. The first-order valence-electron chi connectivity index (χ1n) is 12.6. The molecule has 40 heavy (non-hydrogen) atoms. The van der Waals surface area contributed by atoms with Crippen LogP contribution in [0, 0.1) is 6.92 Å². The Balaban J connectivity index is 1.52. The molecule has 0 aliphatic carbocycles. The largest absolute Gasteiger partial charge is 0.481 e. The zero-order chi connectivity index (χ0) is 28.6. The lowest BCUT2D eigenvalue weighted by molar-refractivity contribution is -0.137. The van der Waals surface area contributed by atoms with E-state index in [4.69, 9.17) is 30.8 Å². The monoisotopic (exact) mass is 577 g/mol. The molecular formula is C27H27ClF3N5O4. The average molecular weight is 578 g/mol. The van der Waals surface area contributed by atoms with E-state index in [0.717, 1.165) is 12.1 Å². The predicted molar refractivity (Wildman–Crippen MR) is 140 cm³/mol. The van der Waals surface area contributed by atoms with E-state index in [2.05, 4.69) is 9.97 Å². The lowest BCUT2D eigenvalue weighted by Gasteiger charge is -2.28. The van der Waals surface area contributed by atoms with Crippen LogP contribution in [0.15, 0.2) is 36.7 Å². The van der Waals surface area contributed by atoms with Crippen molar-refractivity contribution in [2.75, 3.05) is 38.3 Å². The molecule has 2 fully saturated rings. The van der Waals surface area contributed by atoms with Crippen LogP contribution in [0.4, 0.5) is 23.9 Å². The first-order chi connectivity index (χ1) is 19.0. The number of rotatable bonds is 6. The third kappa shape index (κ3) is 5.64. The zero-order valence-corrected chi connectivity index (χ0v) is 22.8. The molecule has 0 bridgehead atoms. The van der Waals surface area contributed by atoms with Gasteiger partial charge in [-0.1, -0.05) is 23.2 Å². The van der Waals surface area contributed by atoms with Crippen LogP contribution in [0.2, 0.25) is 5.02 Å². The number of benzene rings is 1. The van der Waals surface area contributed by atoms with Crippen molar-refractivity contribution in [3.8, 4) is 17.0 Å². The number of cyclic esters (lactones) is 1. The Morgan fingerprint density at radius 3 is 2.55 bits per heavy atom. The number of pyridine rings is 1. The van der Waals surface area contributed by atoms with Crippen molar-refractivity contribution in [2.24, 2.45) is 0 Å². The van der Waals surface area contributed by atoms with Gasteiger partial charge in [0.25, 0.3) is 0 Å². The molecule has 5 rings (SSSR count). The van der Waals surface area contributed by atoms with Gasteiger partial charge in [0, 0.05) is 36.6 Å². The number of alkyl halides is 3. The molecule has 13 heteroatoms. The Morgan fingerprint density at radius 1 is 1.10 bits per heavy atom. The Bertz CT molecular complexity index is 1420. The first kappa shape index (κ1) is 27.9. The fraction of sp³-hybridized carbons (Fsp3) is 0.407. The second kappa shape index (κ2) is 11.1. The molecule has 1 amide bonds. The summed E-state index contributed by atoms with van der Waals surface area (Å²) >= 11 is 6.24. The van der Waals surface area contributed by atoms with Crippen molar-refractivity contribution in [3.05, 3.63) is 64.1 Å². The maximum absolute atomic E-state index is 13.5. The Labute approximate surface area is 233 Å². The number of halogens is 4. The summed E-state index contributed by atoms with van der Waals surface area (Å²) in [6.07, 6.45) is -3.01. The van der Waals surface area contributed by atoms with Crippen molar-refractivity contribution in [1.29, 1.82) is 0 Å². The third-order valence-electron chi connectivity index (χ3n) is 6.92. The number of methoxy groups -OCH3 is 1. The summed E-state index contributed by atoms with van der Waals surface area (Å²) in [6, 6.07) is 4.77. The van der Waals surface area contributed by atoms with E-state index in [0.29, 0.717) is 65.5 Å². The Morgan fingerprint density at radius 2 is 1.85 bits per heavy atom. The number of carbonyl (C=O) groups is 1. The molecule has 2 aromatic heterocycles. The van der Waals surface area contributed by atoms with E-state index >= 15 is 0 Å². The maximum atomic E-state index is 13.5. The molecule has 4 heterocycles. The number of nitrogens with zero attached hydrogens (tertiary/aromatic N) is 5. The standard InChI is InChI=1S/C27H27ClF3N5O4/c1-15-8-17(10-18(9-15)27(29,30)31)23-16(2)36(26(37)40-23)14-22-21(20-11-19(28)12-32-24(20)38-3)13-33-25(34-22)35-4-6-39-7-5-35/h8-13,16,23H,4-7,14H2,1-3H3/t16-,23-/m0/s1. The zero-order valence-electron chi connectivity index (χ0n) is 22.0. The molecule has 0 N–H and O–H groups in total. The number of aryl methyl sites for hydroxylation is 1. The van der Waals surface area contributed by atoms with Crippen LogP contribution in [-0.2, 0) is 22.2 Å². The molecule has 0 saturated carbocycles. The van der Waals surface area contributed by atoms with Gasteiger partial charge in [-0.05, 0) is 37.6 Å². The van der Waals surface area contributed by atoms with Crippen molar-refractivity contribution in [2.45, 2.75) is 38.7 Å². The van der Waals surface area contributed by atoms with Crippen molar-refractivity contribution < 1.29 is 32.2 Å². The number of hydrogen-bond donors (Lipinski definition) is 0. The number of ether oxygens (including phenoxy) is 3. The van der Waals surface area contributed by atoms with E-state index in [1.807, 2.05) is 4.90 Å². The van der Waals surface area contributed by atoms with Crippen LogP contribution in [0.3, 0.4) is 0 Å². The fourth-order valence-electron chi connectivity index (χ4n) is 4.91. The Kier molecular flexibility index (Phi) is 7.74. The first-order valence-corrected chi connectivity index (χ1v) is 13.0. The van der Waals surface area contributed by atoms with Gasteiger partial charge in [-0.2, -0.15) is 13.2 Å². The summed E-state index contributed by atoms with van der Waals surface area (Å²) in [7, 11) is 1.48. The predicted octanol–water partition coefficient (Wildman–Crippen LogP) is 5.45. The van der Waals surface area contributed by atoms with E-state index in [1.54, 1.807) is 32.2 Å². The summed E-state index contributed by atoms with van der Waals surface area (Å²) in [5.41, 5.74) is 1.45. The molecular weight excluding hydrogens is 551 g/mol. The van der Waals surface area contributed by atoms with Crippen LogP contribution in [0.1, 0.15) is 35.4 Å². The SMILES string of the molecule is COc1ncc(Cl)cc1-c1cnc(N2CCOCC2)nc1CN1C(=O)O[C@H](c2cc(C)cc(C(F)(F)F)c2)[C@@H]1C. The van der Waals surface area contributed by atoms with Gasteiger partial charge in [0.05, 0.1) is 49.2 Å². The highest BCUT2D eigenvalue weighted by molar-refractivity contribution is 6.30. The smallest absolute Gasteiger partial charge is 0.416 e. The topological polar surface area (TPSA) is 89.9 Å². The van der Waals surface area contributed by atoms with Gasteiger partial charge in [0.1, 0.15) is 6.10 Å². The van der Waals surface area contributed by atoms with Gasteiger partial charge in [-0.3, -0.25) is 4.90 Å². The molecule has 2 atom stereocenters.